The lowest BCUT2D eigenvalue weighted by atomic mass is 10.1. The second kappa shape index (κ2) is 6.90. The van der Waals surface area contributed by atoms with Crippen LogP contribution in [0.2, 0.25) is 0 Å². The Morgan fingerprint density at radius 3 is 2.43 bits per heavy atom. The number of hydrogen-bond acceptors (Lipinski definition) is 4. The highest BCUT2D eigenvalue weighted by molar-refractivity contribution is 9.10. The second-order valence-corrected chi connectivity index (χ2v) is 7.88. The van der Waals surface area contributed by atoms with E-state index in [1.807, 2.05) is 19.3 Å². The van der Waals surface area contributed by atoms with E-state index in [4.69, 9.17) is 0 Å². The quantitative estimate of drug-likeness (QED) is 0.804. The summed E-state index contributed by atoms with van der Waals surface area (Å²) in [6.07, 6.45) is 3.68. The van der Waals surface area contributed by atoms with E-state index in [0.717, 1.165) is 26.6 Å². The Labute approximate surface area is 139 Å². The summed E-state index contributed by atoms with van der Waals surface area (Å²) in [7, 11) is 0. The fourth-order valence-electron chi connectivity index (χ4n) is 1.64. The highest BCUT2D eigenvalue weighted by Crippen LogP contribution is 2.32. The number of rotatable bonds is 4. The van der Waals surface area contributed by atoms with Crippen molar-refractivity contribution in [3.05, 3.63) is 46.2 Å². The van der Waals surface area contributed by atoms with Crippen molar-refractivity contribution in [2.75, 3.05) is 0 Å². The van der Waals surface area contributed by atoms with E-state index in [9.17, 15) is 0 Å². The number of halogens is 1. The SMILES string of the molecule is Cc1cnc(Sc2ccc(CNC(C)(C)C)cc2Br)nc1. The zero-order valence-electron chi connectivity index (χ0n) is 12.8. The molecule has 0 atom stereocenters. The third-order valence-corrected chi connectivity index (χ3v) is 4.67. The van der Waals surface area contributed by atoms with Crippen molar-refractivity contribution < 1.29 is 0 Å². The molecule has 0 bridgehead atoms. The van der Waals surface area contributed by atoms with E-state index in [1.165, 1.54) is 5.56 Å². The summed E-state index contributed by atoms with van der Waals surface area (Å²) in [6, 6.07) is 6.40. The summed E-state index contributed by atoms with van der Waals surface area (Å²) in [5, 5.41) is 4.25. The molecule has 0 saturated heterocycles. The van der Waals surface area contributed by atoms with E-state index in [1.54, 1.807) is 11.8 Å². The van der Waals surface area contributed by atoms with Crippen LogP contribution in [-0.2, 0) is 6.54 Å². The Kier molecular flexibility index (Phi) is 5.41. The summed E-state index contributed by atoms with van der Waals surface area (Å²) in [6.45, 7) is 9.35. The summed E-state index contributed by atoms with van der Waals surface area (Å²) >= 11 is 5.20. The van der Waals surface area contributed by atoms with Crippen LogP contribution in [0.25, 0.3) is 0 Å². The molecule has 0 fully saturated rings. The average Bonchev–Trinajstić information content (AvgIpc) is 2.41. The fourth-order valence-corrected chi connectivity index (χ4v) is 3.01. The molecule has 3 nitrogen and oxygen atoms in total. The minimum absolute atomic E-state index is 0.121. The van der Waals surface area contributed by atoms with Crippen LogP contribution in [0.4, 0.5) is 0 Å². The molecule has 0 aliphatic carbocycles. The van der Waals surface area contributed by atoms with Crippen LogP contribution in [0.5, 0.6) is 0 Å². The molecule has 1 aromatic heterocycles. The first kappa shape index (κ1) is 16.5. The van der Waals surface area contributed by atoms with Gasteiger partial charge in [-0.1, -0.05) is 6.07 Å². The van der Waals surface area contributed by atoms with Crippen LogP contribution in [-0.4, -0.2) is 15.5 Å². The van der Waals surface area contributed by atoms with Gasteiger partial charge in [0, 0.05) is 33.8 Å². The van der Waals surface area contributed by atoms with E-state index in [0.29, 0.717) is 0 Å². The van der Waals surface area contributed by atoms with Gasteiger partial charge in [0.2, 0.25) is 0 Å². The molecule has 2 rings (SSSR count). The lowest BCUT2D eigenvalue weighted by Gasteiger charge is -2.20. The number of benzene rings is 1. The van der Waals surface area contributed by atoms with Crippen molar-refractivity contribution in [2.45, 2.75) is 49.8 Å². The number of nitrogens with zero attached hydrogens (tertiary/aromatic N) is 2. The van der Waals surface area contributed by atoms with Gasteiger partial charge >= 0.3 is 0 Å². The first-order valence-corrected chi connectivity index (χ1v) is 8.44. The first-order valence-electron chi connectivity index (χ1n) is 6.83. The summed E-state index contributed by atoms with van der Waals surface area (Å²) in [4.78, 5) is 9.77. The van der Waals surface area contributed by atoms with Crippen LogP contribution in [0.1, 0.15) is 31.9 Å². The molecular formula is C16H20BrN3S. The molecule has 5 heteroatoms. The smallest absolute Gasteiger partial charge is 0.192 e. The molecule has 0 unspecified atom stereocenters. The zero-order valence-corrected chi connectivity index (χ0v) is 15.2. The van der Waals surface area contributed by atoms with Gasteiger partial charge in [-0.15, -0.1) is 0 Å². The molecule has 0 amide bonds. The molecule has 1 heterocycles. The van der Waals surface area contributed by atoms with E-state index in [-0.39, 0.29) is 5.54 Å². The molecule has 2 aromatic rings. The Bertz CT molecular complexity index is 606. The second-order valence-electron chi connectivity index (χ2n) is 6.01. The summed E-state index contributed by atoms with van der Waals surface area (Å²) in [5.41, 5.74) is 2.45. The Hall–Kier alpha value is -0.910. The van der Waals surface area contributed by atoms with Crippen LogP contribution in [0.3, 0.4) is 0 Å². The molecule has 112 valence electrons. The van der Waals surface area contributed by atoms with Gasteiger partial charge < -0.3 is 5.32 Å². The minimum Gasteiger partial charge on any atom is -0.308 e. The number of hydrogen-bond donors (Lipinski definition) is 1. The predicted molar refractivity (Wildman–Crippen MR) is 91.6 cm³/mol. The highest BCUT2D eigenvalue weighted by atomic mass is 79.9. The topological polar surface area (TPSA) is 37.8 Å². The van der Waals surface area contributed by atoms with E-state index >= 15 is 0 Å². The molecule has 0 aliphatic heterocycles. The number of aromatic nitrogens is 2. The minimum atomic E-state index is 0.121. The molecule has 0 saturated carbocycles. The van der Waals surface area contributed by atoms with Gasteiger partial charge in [-0.2, -0.15) is 0 Å². The summed E-state index contributed by atoms with van der Waals surface area (Å²) < 4.78 is 1.07. The van der Waals surface area contributed by atoms with Crippen molar-refractivity contribution >= 4 is 27.7 Å². The summed E-state index contributed by atoms with van der Waals surface area (Å²) in [5.74, 6) is 0. The van der Waals surface area contributed by atoms with Crippen molar-refractivity contribution in [1.29, 1.82) is 0 Å². The first-order chi connectivity index (χ1) is 9.83. The van der Waals surface area contributed by atoms with Crippen LogP contribution >= 0.6 is 27.7 Å². The standard InChI is InChI=1S/C16H20BrN3S/c1-11-8-18-15(19-9-11)21-14-6-5-12(7-13(14)17)10-20-16(2,3)4/h5-9,20H,10H2,1-4H3. The molecule has 0 spiro atoms. The average molecular weight is 366 g/mol. The number of nitrogens with one attached hydrogen (secondary N) is 1. The predicted octanol–water partition coefficient (Wildman–Crippen LogP) is 4.59. The van der Waals surface area contributed by atoms with Crippen molar-refractivity contribution in [3.8, 4) is 0 Å². The van der Waals surface area contributed by atoms with Gasteiger partial charge in [-0.05, 0) is 78.6 Å². The molecule has 21 heavy (non-hydrogen) atoms. The van der Waals surface area contributed by atoms with Crippen molar-refractivity contribution in [3.63, 3.8) is 0 Å². The normalized spacial score (nSPS) is 11.7. The van der Waals surface area contributed by atoms with Gasteiger partial charge in [-0.3, -0.25) is 0 Å². The maximum absolute atomic E-state index is 4.32. The largest absolute Gasteiger partial charge is 0.308 e. The van der Waals surface area contributed by atoms with Crippen LogP contribution in [0.15, 0.2) is 45.1 Å². The van der Waals surface area contributed by atoms with Gasteiger partial charge in [0.1, 0.15) is 0 Å². The Morgan fingerprint density at radius 1 is 1.19 bits per heavy atom. The molecule has 1 N–H and O–H groups in total. The third-order valence-electron chi connectivity index (χ3n) is 2.78. The zero-order chi connectivity index (χ0) is 15.5. The van der Waals surface area contributed by atoms with Gasteiger partial charge in [0.15, 0.2) is 5.16 Å². The maximum atomic E-state index is 4.32. The number of aryl methyl sites for hydroxylation is 1. The van der Waals surface area contributed by atoms with Crippen molar-refractivity contribution in [2.24, 2.45) is 0 Å². The monoisotopic (exact) mass is 365 g/mol. The highest BCUT2D eigenvalue weighted by Gasteiger charge is 2.10. The van der Waals surface area contributed by atoms with Gasteiger partial charge in [0.25, 0.3) is 0 Å². The fraction of sp³-hybridized carbons (Fsp3) is 0.375. The van der Waals surface area contributed by atoms with Crippen LogP contribution < -0.4 is 5.32 Å². The lowest BCUT2D eigenvalue weighted by molar-refractivity contribution is 0.424. The van der Waals surface area contributed by atoms with Crippen molar-refractivity contribution in [1.82, 2.24) is 15.3 Å². The van der Waals surface area contributed by atoms with E-state index in [2.05, 4.69) is 70.2 Å². The van der Waals surface area contributed by atoms with Gasteiger partial charge in [-0.25, -0.2) is 9.97 Å². The molecule has 0 aliphatic rings. The molecule has 1 aromatic carbocycles. The Balaban J connectivity index is 2.07. The molecular weight excluding hydrogens is 346 g/mol. The molecule has 0 radical (unpaired) electrons. The van der Waals surface area contributed by atoms with E-state index < -0.39 is 0 Å². The maximum Gasteiger partial charge on any atom is 0.192 e. The van der Waals surface area contributed by atoms with Crippen LogP contribution in [0, 0.1) is 6.92 Å². The third kappa shape index (κ3) is 5.41. The lowest BCUT2D eigenvalue weighted by Crippen LogP contribution is -2.35. The Morgan fingerprint density at radius 2 is 1.86 bits per heavy atom. The van der Waals surface area contributed by atoms with Gasteiger partial charge in [0.05, 0.1) is 0 Å².